The minimum atomic E-state index is -0.872. The van der Waals surface area contributed by atoms with Crippen LogP contribution in [0.25, 0.3) is 0 Å². The zero-order valence-electron chi connectivity index (χ0n) is 13.9. The Labute approximate surface area is 160 Å². The van der Waals surface area contributed by atoms with Gasteiger partial charge in [-0.2, -0.15) is 5.10 Å². The standard InChI is InChI=1S/C17H18Cl2N4O3/c18-13-5-1-3-11(15(13)19)10-23-14(6-7-20-23)21-17(26)22-8-2-4-12(9-22)16(24)25/h1,3,5-7,12H,2,4,8-10H2,(H,21,26)(H,24,25). The number of halogens is 2. The van der Waals surface area contributed by atoms with Crippen LogP contribution in [0.4, 0.5) is 10.6 Å². The van der Waals surface area contributed by atoms with Crippen molar-refractivity contribution in [3.05, 3.63) is 46.1 Å². The first kappa shape index (κ1) is 18.5. The number of anilines is 1. The first-order chi connectivity index (χ1) is 12.5. The lowest BCUT2D eigenvalue weighted by atomic mass is 9.99. The third-order valence-corrected chi connectivity index (χ3v) is 5.22. The average Bonchev–Trinajstić information content (AvgIpc) is 3.05. The highest BCUT2D eigenvalue weighted by atomic mass is 35.5. The quantitative estimate of drug-likeness (QED) is 0.826. The molecule has 26 heavy (non-hydrogen) atoms. The van der Waals surface area contributed by atoms with E-state index in [4.69, 9.17) is 28.3 Å². The van der Waals surface area contributed by atoms with Gasteiger partial charge in [-0.25, -0.2) is 9.48 Å². The zero-order chi connectivity index (χ0) is 18.7. The number of nitrogens with one attached hydrogen (secondary N) is 1. The van der Waals surface area contributed by atoms with Crippen LogP contribution in [0.2, 0.25) is 10.0 Å². The summed E-state index contributed by atoms with van der Waals surface area (Å²) in [6.07, 6.45) is 2.83. The van der Waals surface area contributed by atoms with Gasteiger partial charge < -0.3 is 10.0 Å². The molecule has 0 bridgehead atoms. The molecule has 7 nitrogen and oxygen atoms in total. The molecule has 0 saturated carbocycles. The van der Waals surface area contributed by atoms with Gasteiger partial charge in [-0.3, -0.25) is 10.1 Å². The molecular formula is C17H18Cl2N4O3. The Kier molecular flexibility index (Phi) is 5.68. The largest absolute Gasteiger partial charge is 0.481 e. The Bertz CT molecular complexity index is 824. The molecule has 1 aromatic heterocycles. The second-order valence-corrected chi connectivity index (χ2v) is 6.93. The normalized spacial score (nSPS) is 17.2. The van der Waals surface area contributed by atoms with E-state index >= 15 is 0 Å². The van der Waals surface area contributed by atoms with E-state index in [1.54, 1.807) is 29.1 Å². The van der Waals surface area contributed by atoms with E-state index in [9.17, 15) is 9.59 Å². The number of hydrogen-bond donors (Lipinski definition) is 2. The maximum atomic E-state index is 12.5. The highest BCUT2D eigenvalue weighted by Gasteiger charge is 2.28. The van der Waals surface area contributed by atoms with Crippen molar-refractivity contribution in [2.45, 2.75) is 19.4 Å². The molecule has 0 spiro atoms. The Hall–Kier alpha value is -2.25. The summed E-state index contributed by atoms with van der Waals surface area (Å²) in [5.74, 6) is -0.892. The molecule has 2 amide bonds. The van der Waals surface area contributed by atoms with Gasteiger partial charge in [0.1, 0.15) is 5.82 Å². The molecule has 1 saturated heterocycles. The molecule has 1 aliphatic heterocycles. The van der Waals surface area contributed by atoms with Crippen LogP contribution in [0.1, 0.15) is 18.4 Å². The van der Waals surface area contributed by atoms with Crippen LogP contribution < -0.4 is 5.32 Å². The topological polar surface area (TPSA) is 87.5 Å². The molecule has 2 heterocycles. The first-order valence-electron chi connectivity index (χ1n) is 8.19. The van der Waals surface area contributed by atoms with Gasteiger partial charge in [0, 0.05) is 19.2 Å². The highest BCUT2D eigenvalue weighted by molar-refractivity contribution is 6.42. The van der Waals surface area contributed by atoms with Crippen molar-refractivity contribution < 1.29 is 14.7 Å². The van der Waals surface area contributed by atoms with Crippen molar-refractivity contribution in [1.82, 2.24) is 14.7 Å². The summed E-state index contributed by atoms with van der Waals surface area (Å²) >= 11 is 12.2. The van der Waals surface area contributed by atoms with Gasteiger partial charge in [0.05, 0.1) is 28.7 Å². The average molecular weight is 397 g/mol. The van der Waals surface area contributed by atoms with E-state index in [-0.39, 0.29) is 12.6 Å². The van der Waals surface area contributed by atoms with E-state index < -0.39 is 11.9 Å². The van der Waals surface area contributed by atoms with Crippen LogP contribution in [-0.4, -0.2) is 44.9 Å². The molecule has 1 aromatic carbocycles. The number of likely N-dealkylation sites (tertiary alicyclic amines) is 1. The van der Waals surface area contributed by atoms with Crippen molar-refractivity contribution >= 4 is 41.0 Å². The number of carbonyl (C=O) groups excluding carboxylic acids is 1. The fraction of sp³-hybridized carbons (Fsp3) is 0.353. The molecule has 0 aliphatic carbocycles. The number of benzene rings is 1. The number of carboxylic acids is 1. The fourth-order valence-electron chi connectivity index (χ4n) is 2.95. The number of carboxylic acid groups (broad SMARTS) is 1. The molecule has 138 valence electrons. The molecule has 3 rings (SSSR count). The number of rotatable bonds is 4. The number of amides is 2. The Balaban J connectivity index is 1.69. The number of nitrogens with zero attached hydrogens (tertiary/aromatic N) is 3. The SMILES string of the molecule is O=C(O)C1CCCN(C(=O)Nc2ccnn2Cc2cccc(Cl)c2Cl)C1. The molecular weight excluding hydrogens is 379 g/mol. The predicted molar refractivity (Wildman–Crippen MR) is 98.7 cm³/mol. The smallest absolute Gasteiger partial charge is 0.323 e. The summed E-state index contributed by atoms with van der Waals surface area (Å²) in [6.45, 7) is 1.08. The van der Waals surface area contributed by atoms with E-state index in [2.05, 4.69) is 10.4 Å². The number of urea groups is 1. The van der Waals surface area contributed by atoms with Crippen LogP contribution in [0, 0.1) is 5.92 Å². The molecule has 1 unspecified atom stereocenters. The van der Waals surface area contributed by atoms with E-state index in [0.29, 0.717) is 41.8 Å². The molecule has 1 fully saturated rings. The maximum absolute atomic E-state index is 12.5. The first-order valence-corrected chi connectivity index (χ1v) is 8.94. The minimum absolute atomic E-state index is 0.204. The van der Waals surface area contributed by atoms with E-state index in [1.807, 2.05) is 6.07 Å². The van der Waals surface area contributed by atoms with Crippen LogP contribution in [0.15, 0.2) is 30.5 Å². The summed E-state index contributed by atoms with van der Waals surface area (Å²) in [7, 11) is 0. The monoisotopic (exact) mass is 396 g/mol. The van der Waals surface area contributed by atoms with Crippen LogP contribution >= 0.6 is 23.2 Å². The number of carbonyl (C=O) groups is 2. The van der Waals surface area contributed by atoms with Crippen molar-refractivity contribution in [3.63, 3.8) is 0 Å². The lowest BCUT2D eigenvalue weighted by molar-refractivity contribution is -0.143. The lowest BCUT2D eigenvalue weighted by Crippen LogP contribution is -2.44. The van der Waals surface area contributed by atoms with Crippen molar-refractivity contribution in [2.75, 3.05) is 18.4 Å². The van der Waals surface area contributed by atoms with Gasteiger partial charge in [0.25, 0.3) is 0 Å². The van der Waals surface area contributed by atoms with Gasteiger partial charge in [0.15, 0.2) is 0 Å². The third-order valence-electron chi connectivity index (χ3n) is 4.36. The van der Waals surface area contributed by atoms with E-state index in [0.717, 1.165) is 5.56 Å². The number of aromatic nitrogens is 2. The van der Waals surface area contributed by atoms with Gasteiger partial charge in [0.2, 0.25) is 0 Å². The van der Waals surface area contributed by atoms with Gasteiger partial charge in [-0.15, -0.1) is 0 Å². The zero-order valence-corrected chi connectivity index (χ0v) is 15.4. The van der Waals surface area contributed by atoms with Crippen molar-refractivity contribution in [1.29, 1.82) is 0 Å². The van der Waals surface area contributed by atoms with E-state index in [1.165, 1.54) is 4.90 Å². The Morgan fingerprint density at radius 2 is 2.12 bits per heavy atom. The summed E-state index contributed by atoms with van der Waals surface area (Å²) in [5, 5.41) is 17.1. The fourth-order valence-corrected chi connectivity index (χ4v) is 3.33. The minimum Gasteiger partial charge on any atom is -0.481 e. The van der Waals surface area contributed by atoms with Gasteiger partial charge in [-0.05, 0) is 24.5 Å². The molecule has 0 radical (unpaired) electrons. The lowest BCUT2D eigenvalue weighted by Gasteiger charge is -2.30. The predicted octanol–water partition coefficient (Wildman–Crippen LogP) is 3.57. The molecule has 2 aromatic rings. The van der Waals surface area contributed by atoms with Crippen LogP contribution in [0.5, 0.6) is 0 Å². The second kappa shape index (κ2) is 7.97. The maximum Gasteiger partial charge on any atom is 0.323 e. The summed E-state index contributed by atoms with van der Waals surface area (Å²) < 4.78 is 1.61. The molecule has 1 aliphatic rings. The van der Waals surface area contributed by atoms with Gasteiger partial charge in [-0.1, -0.05) is 35.3 Å². The van der Waals surface area contributed by atoms with Crippen molar-refractivity contribution in [2.24, 2.45) is 5.92 Å². The summed E-state index contributed by atoms with van der Waals surface area (Å²) in [5.41, 5.74) is 0.780. The molecule has 9 heteroatoms. The summed E-state index contributed by atoms with van der Waals surface area (Å²) in [4.78, 5) is 25.2. The number of piperidine rings is 1. The Morgan fingerprint density at radius 1 is 1.31 bits per heavy atom. The van der Waals surface area contributed by atoms with Crippen LogP contribution in [0.3, 0.4) is 0 Å². The third kappa shape index (κ3) is 4.11. The Morgan fingerprint density at radius 3 is 2.88 bits per heavy atom. The summed E-state index contributed by atoms with van der Waals surface area (Å²) in [6, 6.07) is 6.67. The highest BCUT2D eigenvalue weighted by Crippen LogP contribution is 2.27. The van der Waals surface area contributed by atoms with Crippen LogP contribution in [-0.2, 0) is 11.3 Å². The second-order valence-electron chi connectivity index (χ2n) is 6.14. The van der Waals surface area contributed by atoms with Crippen molar-refractivity contribution in [3.8, 4) is 0 Å². The van der Waals surface area contributed by atoms with Gasteiger partial charge >= 0.3 is 12.0 Å². The molecule has 2 N–H and O–H groups in total. The number of aliphatic carboxylic acids is 1. The number of hydrogen-bond acceptors (Lipinski definition) is 3. The molecule has 1 atom stereocenters.